The van der Waals surface area contributed by atoms with Gasteiger partial charge in [-0.3, -0.25) is 10.4 Å². The first kappa shape index (κ1) is 11.6. The fourth-order valence-corrected chi connectivity index (χ4v) is 0.596. The summed E-state index contributed by atoms with van der Waals surface area (Å²) in [6.07, 6.45) is 2.27. The number of carbonyl (C=O) groups excluding carboxylic acids is 1. The van der Waals surface area contributed by atoms with Crippen molar-refractivity contribution in [2.24, 2.45) is 4.99 Å². The van der Waals surface area contributed by atoms with Crippen LogP contribution in [0.3, 0.4) is 0 Å². The molecule has 0 aromatic rings. The minimum absolute atomic E-state index is 0.343. The Bertz CT molecular complexity index is 211. The maximum absolute atomic E-state index is 11.2. The van der Waals surface area contributed by atoms with Crippen molar-refractivity contribution in [1.29, 1.82) is 5.41 Å². The summed E-state index contributed by atoms with van der Waals surface area (Å²) in [4.78, 5) is 15.1. The number of nitrogens with zero attached hydrogens (tertiary/aromatic N) is 1. The van der Waals surface area contributed by atoms with Gasteiger partial charge in [0.1, 0.15) is 0 Å². The van der Waals surface area contributed by atoms with Gasteiger partial charge in [-0.15, -0.1) is 0 Å². The zero-order valence-corrected chi connectivity index (χ0v) is 8.13. The van der Waals surface area contributed by atoms with Gasteiger partial charge in [0, 0.05) is 0 Å². The third-order valence-corrected chi connectivity index (χ3v) is 1.32. The molecular formula is C8H15N3O2. The van der Waals surface area contributed by atoms with E-state index >= 15 is 0 Å². The van der Waals surface area contributed by atoms with Gasteiger partial charge in [-0.25, -0.2) is 4.79 Å². The summed E-state index contributed by atoms with van der Waals surface area (Å²) in [5.41, 5.74) is -0.897. The normalized spacial score (nSPS) is 11.3. The molecule has 0 saturated carbocycles. The van der Waals surface area contributed by atoms with Crippen molar-refractivity contribution in [2.75, 3.05) is 6.61 Å². The van der Waals surface area contributed by atoms with E-state index in [1.165, 1.54) is 6.34 Å². The van der Waals surface area contributed by atoms with Crippen molar-refractivity contribution < 1.29 is 9.53 Å². The van der Waals surface area contributed by atoms with Crippen LogP contribution in [-0.4, -0.2) is 30.8 Å². The second-order valence-corrected chi connectivity index (χ2v) is 2.85. The van der Waals surface area contributed by atoms with E-state index in [1.807, 2.05) is 0 Å². The number of rotatable bonds is 5. The van der Waals surface area contributed by atoms with Crippen molar-refractivity contribution in [3.8, 4) is 0 Å². The average molecular weight is 185 g/mol. The van der Waals surface area contributed by atoms with Crippen LogP contribution in [0.5, 0.6) is 0 Å². The lowest BCUT2D eigenvalue weighted by atomic mass is 10.1. The lowest BCUT2D eigenvalue weighted by Gasteiger charge is -2.16. The van der Waals surface area contributed by atoms with Crippen molar-refractivity contribution in [1.82, 2.24) is 5.32 Å². The lowest BCUT2D eigenvalue weighted by molar-refractivity contribution is -0.148. The van der Waals surface area contributed by atoms with Gasteiger partial charge in [-0.05, 0) is 20.8 Å². The second kappa shape index (κ2) is 5.29. The van der Waals surface area contributed by atoms with E-state index in [0.29, 0.717) is 6.61 Å². The van der Waals surface area contributed by atoms with Gasteiger partial charge in [0.05, 0.1) is 19.3 Å². The van der Waals surface area contributed by atoms with E-state index < -0.39 is 5.54 Å². The van der Waals surface area contributed by atoms with Crippen LogP contribution in [0.4, 0.5) is 0 Å². The predicted octanol–water partition coefficient (Wildman–Crippen LogP) is 0.553. The summed E-state index contributed by atoms with van der Waals surface area (Å²) < 4.78 is 4.80. The zero-order valence-electron chi connectivity index (χ0n) is 8.13. The SMILES string of the molecule is CCOC(=O)C(C)(C)N=CNC=N. The van der Waals surface area contributed by atoms with E-state index in [-0.39, 0.29) is 5.97 Å². The van der Waals surface area contributed by atoms with Crippen LogP contribution in [0.15, 0.2) is 4.99 Å². The van der Waals surface area contributed by atoms with Gasteiger partial charge in [0.2, 0.25) is 0 Å². The molecule has 0 spiro atoms. The molecule has 2 N–H and O–H groups in total. The second-order valence-electron chi connectivity index (χ2n) is 2.85. The molecule has 0 fully saturated rings. The van der Waals surface area contributed by atoms with Crippen molar-refractivity contribution in [2.45, 2.75) is 26.3 Å². The molecule has 0 aliphatic heterocycles. The summed E-state index contributed by atoms with van der Waals surface area (Å²) in [5, 5.41) is 9.10. The van der Waals surface area contributed by atoms with Gasteiger partial charge in [-0.2, -0.15) is 0 Å². The Labute approximate surface area is 77.7 Å². The minimum Gasteiger partial charge on any atom is -0.464 e. The van der Waals surface area contributed by atoms with Gasteiger partial charge in [0.25, 0.3) is 0 Å². The van der Waals surface area contributed by atoms with Crippen LogP contribution < -0.4 is 5.32 Å². The Morgan fingerprint density at radius 1 is 1.69 bits per heavy atom. The predicted molar refractivity (Wildman–Crippen MR) is 51.1 cm³/mol. The van der Waals surface area contributed by atoms with Gasteiger partial charge >= 0.3 is 5.97 Å². The largest absolute Gasteiger partial charge is 0.464 e. The smallest absolute Gasteiger partial charge is 0.333 e. The Balaban J connectivity index is 4.20. The molecule has 13 heavy (non-hydrogen) atoms. The molecule has 0 aromatic heterocycles. The number of hydrogen-bond acceptors (Lipinski definition) is 4. The molecule has 0 rings (SSSR count). The fourth-order valence-electron chi connectivity index (χ4n) is 0.596. The number of aliphatic imine (C=N–C) groups is 1. The van der Waals surface area contributed by atoms with Crippen LogP contribution in [0.25, 0.3) is 0 Å². The molecule has 0 aromatic carbocycles. The first-order valence-electron chi connectivity index (χ1n) is 4.00. The number of ether oxygens (including phenoxy) is 1. The van der Waals surface area contributed by atoms with Crippen LogP contribution in [0.1, 0.15) is 20.8 Å². The Morgan fingerprint density at radius 2 is 2.31 bits per heavy atom. The molecule has 0 amide bonds. The Hall–Kier alpha value is -1.39. The number of hydrogen-bond donors (Lipinski definition) is 2. The van der Waals surface area contributed by atoms with Gasteiger partial charge < -0.3 is 10.1 Å². The number of esters is 1. The van der Waals surface area contributed by atoms with E-state index in [0.717, 1.165) is 6.34 Å². The molecule has 0 unspecified atom stereocenters. The first-order valence-corrected chi connectivity index (χ1v) is 4.00. The Morgan fingerprint density at radius 3 is 2.77 bits per heavy atom. The molecule has 74 valence electrons. The standard InChI is InChI=1S/C8H15N3O2/c1-4-13-7(12)8(2,3)11-6-10-5-9/h5-6H,4H2,1-3H3,(H2,9,10,11). The average Bonchev–Trinajstić information content (AvgIpc) is 2.05. The highest BCUT2D eigenvalue weighted by Crippen LogP contribution is 2.09. The van der Waals surface area contributed by atoms with E-state index in [2.05, 4.69) is 10.3 Å². The molecule has 0 saturated heterocycles. The molecule has 0 aliphatic carbocycles. The van der Waals surface area contributed by atoms with Crippen LogP contribution in [-0.2, 0) is 9.53 Å². The monoisotopic (exact) mass is 185 g/mol. The molecular weight excluding hydrogens is 170 g/mol. The van der Waals surface area contributed by atoms with Crippen LogP contribution in [0.2, 0.25) is 0 Å². The summed E-state index contributed by atoms with van der Waals surface area (Å²) >= 11 is 0. The molecule has 5 nitrogen and oxygen atoms in total. The minimum atomic E-state index is -0.897. The highest BCUT2D eigenvalue weighted by Gasteiger charge is 2.27. The third-order valence-electron chi connectivity index (χ3n) is 1.32. The lowest BCUT2D eigenvalue weighted by Crippen LogP contribution is -2.32. The number of carbonyl (C=O) groups is 1. The molecule has 5 heteroatoms. The van der Waals surface area contributed by atoms with Crippen molar-refractivity contribution in [3.05, 3.63) is 0 Å². The van der Waals surface area contributed by atoms with Crippen molar-refractivity contribution >= 4 is 18.6 Å². The maximum Gasteiger partial charge on any atom is 0.333 e. The van der Waals surface area contributed by atoms with E-state index in [1.54, 1.807) is 20.8 Å². The maximum atomic E-state index is 11.2. The summed E-state index contributed by atoms with van der Waals surface area (Å²) in [7, 11) is 0. The Kier molecular flexibility index (Phi) is 4.72. The van der Waals surface area contributed by atoms with Crippen LogP contribution in [0, 0.1) is 5.41 Å². The number of nitrogens with one attached hydrogen (secondary N) is 2. The first-order chi connectivity index (χ1) is 6.04. The fraction of sp³-hybridized carbons (Fsp3) is 0.625. The van der Waals surface area contributed by atoms with Crippen LogP contribution >= 0.6 is 0 Å². The third kappa shape index (κ3) is 4.25. The summed E-state index contributed by atoms with van der Waals surface area (Å²) in [5.74, 6) is -0.377. The van der Waals surface area contributed by atoms with Gasteiger partial charge in [0.15, 0.2) is 5.54 Å². The topological polar surface area (TPSA) is 74.5 Å². The quantitative estimate of drug-likeness (QED) is 0.373. The summed E-state index contributed by atoms with van der Waals surface area (Å²) in [6, 6.07) is 0. The molecule has 0 atom stereocenters. The van der Waals surface area contributed by atoms with E-state index in [9.17, 15) is 4.79 Å². The molecule has 0 radical (unpaired) electrons. The highest BCUT2D eigenvalue weighted by atomic mass is 16.5. The zero-order chi connectivity index (χ0) is 10.3. The van der Waals surface area contributed by atoms with E-state index in [4.69, 9.17) is 10.1 Å². The summed E-state index contributed by atoms with van der Waals surface area (Å²) in [6.45, 7) is 5.38. The molecule has 0 aliphatic rings. The highest BCUT2D eigenvalue weighted by molar-refractivity contribution is 5.83. The van der Waals surface area contributed by atoms with Crippen molar-refractivity contribution in [3.63, 3.8) is 0 Å². The molecule has 0 heterocycles. The molecule has 0 bridgehead atoms. The van der Waals surface area contributed by atoms with Gasteiger partial charge in [-0.1, -0.05) is 0 Å².